The van der Waals surface area contributed by atoms with Crippen molar-refractivity contribution in [3.05, 3.63) is 0 Å². The van der Waals surface area contributed by atoms with E-state index in [0.29, 0.717) is 0 Å². The van der Waals surface area contributed by atoms with Crippen LogP contribution in [0.2, 0.25) is 0 Å². The van der Waals surface area contributed by atoms with Gasteiger partial charge in [-0.2, -0.15) is 0 Å². The van der Waals surface area contributed by atoms with Crippen LogP contribution in [0.1, 0.15) is 142 Å². The zero-order chi connectivity index (χ0) is 21.5. The number of hydrogen-bond acceptors (Lipinski definition) is 4. The summed E-state index contributed by atoms with van der Waals surface area (Å²) < 4.78 is 21.7. The van der Waals surface area contributed by atoms with Crippen molar-refractivity contribution in [1.29, 1.82) is 0 Å². The smallest absolute Gasteiger partial charge is 0.267 e. The van der Waals surface area contributed by atoms with Crippen LogP contribution < -0.4 is 4.89 Å². The third kappa shape index (κ3) is 26.8. The van der Waals surface area contributed by atoms with Crippen LogP contribution in [0.4, 0.5) is 0 Å². The van der Waals surface area contributed by atoms with E-state index >= 15 is 0 Å². The summed E-state index contributed by atoms with van der Waals surface area (Å²) in [6, 6.07) is 0. The van der Waals surface area contributed by atoms with E-state index in [1.54, 1.807) is 0 Å². The van der Waals surface area contributed by atoms with E-state index in [4.69, 9.17) is 9.05 Å². The van der Waals surface area contributed by atoms with Gasteiger partial charge in [-0.25, -0.2) is 0 Å². The van der Waals surface area contributed by atoms with Crippen molar-refractivity contribution in [3.8, 4) is 0 Å². The van der Waals surface area contributed by atoms with E-state index in [9.17, 15) is 9.46 Å². The molecule has 0 fully saturated rings. The van der Waals surface area contributed by atoms with Crippen LogP contribution in [0, 0.1) is 0 Å². The van der Waals surface area contributed by atoms with Crippen LogP contribution in [0.15, 0.2) is 0 Å². The maximum Gasteiger partial charge on any atom is 0.267 e. The number of phosphoric acid groups is 1. The fourth-order valence-corrected chi connectivity index (χ4v) is 4.35. The summed E-state index contributed by atoms with van der Waals surface area (Å²) in [7, 11) is -4.10. The van der Waals surface area contributed by atoms with Crippen molar-refractivity contribution < 1.29 is 38.0 Å². The first-order valence-electron chi connectivity index (χ1n) is 12.7. The quantitative estimate of drug-likeness (QED) is 0.0762. The van der Waals surface area contributed by atoms with Crippen LogP contribution in [0.25, 0.3) is 0 Å². The molecule has 0 saturated heterocycles. The van der Waals surface area contributed by atoms with Crippen molar-refractivity contribution in [1.82, 2.24) is 0 Å². The van der Waals surface area contributed by atoms with Gasteiger partial charge in [0, 0.05) is 19.5 Å². The van der Waals surface area contributed by atoms with E-state index in [1.165, 1.54) is 103 Å². The molecule has 0 aliphatic heterocycles. The second kappa shape index (κ2) is 26.0. The standard InChI is InChI=1S/C24H51O4P.Zn/c1-3-5-7-9-11-13-15-17-19-21-23-27-29(25,26)28-24-22-20-18-16-14-12-10-8-6-4-2;/h3-24H2,1-2H3,(H,25,26);/p-1. The minimum atomic E-state index is -4.10. The molecular formula is C24H50O4PZn-. The van der Waals surface area contributed by atoms with Gasteiger partial charge in [0.15, 0.2) is 0 Å². The van der Waals surface area contributed by atoms with Gasteiger partial charge < -0.3 is 13.9 Å². The average molecular weight is 499 g/mol. The molecule has 0 rings (SSSR count). The predicted octanol–water partition coefficient (Wildman–Crippen LogP) is 8.33. The van der Waals surface area contributed by atoms with Crippen LogP contribution in [-0.2, 0) is 33.1 Å². The molecule has 0 heterocycles. The molecule has 0 radical (unpaired) electrons. The zero-order valence-electron chi connectivity index (χ0n) is 20.3. The summed E-state index contributed by atoms with van der Waals surface area (Å²) in [5, 5.41) is 0. The Morgan fingerprint density at radius 3 is 1.00 bits per heavy atom. The second-order valence-electron chi connectivity index (χ2n) is 8.48. The minimum Gasteiger partial charge on any atom is -0.756 e. The van der Waals surface area contributed by atoms with Gasteiger partial charge in [0.1, 0.15) is 0 Å². The van der Waals surface area contributed by atoms with Crippen molar-refractivity contribution in [2.45, 2.75) is 142 Å². The first-order chi connectivity index (χ1) is 14.1. The average Bonchev–Trinajstić information content (AvgIpc) is 2.70. The largest absolute Gasteiger partial charge is 0.756 e. The molecule has 6 heteroatoms. The summed E-state index contributed by atoms with van der Waals surface area (Å²) in [5.74, 6) is 0. The fourth-order valence-electron chi connectivity index (χ4n) is 3.57. The normalized spacial score (nSPS) is 11.6. The molecule has 0 aliphatic rings. The molecule has 178 valence electrons. The number of hydrogen-bond donors (Lipinski definition) is 0. The van der Waals surface area contributed by atoms with Gasteiger partial charge in [0.25, 0.3) is 7.82 Å². The molecule has 0 spiro atoms. The first kappa shape index (κ1) is 32.9. The molecule has 0 saturated carbocycles. The van der Waals surface area contributed by atoms with Crippen molar-refractivity contribution in [2.75, 3.05) is 13.2 Å². The van der Waals surface area contributed by atoms with Gasteiger partial charge in [-0.1, -0.05) is 129 Å². The molecule has 0 unspecified atom stereocenters. The molecule has 0 bridgehead atoms. The Hall–Kier alpha value is 0.733. The number of unbranched alkanes of at least 4 members (excludes halogenated alkanes) is 18. The Bertz CT molecular complexity index is 339. The third-order valence-electron chi connectivity index (χ3n) is 5.49. The van der Waals surface area contributed by atoms with Crippen molar-refractivity contribution in [2.24, 2.45) is 0 Å². The Morgan fingerprint density at radius 2 is 0.733 bits per heavy atom. The fraction of sp³-hybridized carbons (Fsp3) is 1.00. The van der Waals surface area contributed by atoms with Crippen LogP contribution in [0.5, 0.6) is 0 Å². The van der Waals surface area contributed by atoms with Gasteiger partial charge >= 0.3 is 0 Å². The summed E-state index contributed by atoms with van der Waals surface area (Å²) >= 11 is 0. The van der Waals surface area contributed by atoms with E-state index in [-0.39, 0.29) is 32.7 Å². The molecule has 0 aromatic heterocycles. The second-order valence-corrected chi connectivity index (χ2v) is 9.89. The van der Waals surface area contributed by atoms with Gasteiger partial charge in [-0.3, -0.25) is 4.57 Å². The molecule has 0 aliphatic carbocycles. The molecule has 0 atom stereocenters. The summed E-state index contributed by atoms with van der Waals surface area (Å²) in [5.41, 5.74) is 0. The Balaban J connectivity index is 0. The Morgan fingerprint density at radius 1 is 0.500 bits per heavy atom. The Kier molecular flexibility index (Phi) is 28.5. The summed E-state index contributed by atoms with van der Waals surface area (Å²) in [6.07, 6.45) is 24.5. The SMILES string of the molecule is CCCCCCCCCCCCOP(=O)([O-])OCCCCCCCCCCCC.[Zn]. The maximum atomic E-state index is 11.7. The molecule has 0 amide bonds. The van der Waals surface area contributed by atoms with E-state index in [1.807, 2.05) is 0 Å². The minimum absolute atomic E-state index is 0. The van der Waals surface area contributed by atoms with E-state index in [0.717, 1.165) is 25.7 Å². The summed E-state index contributed by atoms with van der Waals surface area (Å²) in [4.78, 5) is 11.7. The molecule has 0 N–H and O–H groups in total. The number of rotatable bonds is 24. The van der Waals surface area contributed by atoms with Gasteiger partial charge in [0.2, 0.25) is 0 Å². The van der Waals surface area contributed by atoms with E-state index in [2.05, 4.69) is 13.8 Å². The molecule has 4 nitrogen and oxygen atoms in total. The molecule has 30 heavy (non-hydrogen) atoms. The topological polar surface area (TPSA) is 58.6 Å². The van der Waals surface area contributed by atoms with Gasteiger partial charge in [-0.05, 0) is 12.8 Å². The first-order valence-corrected chi connectivity index (χ1v) is 14.2. The molecule has 0 aromatic carbocycles. The maximum absolute atomic E-state index is 11.7. The third-order valence-corrected chi connectivity index (χ3v) is 6.49. The predicted molar refractivity (Wildman–Crippen MR) is 123 cm³/mol. The number of phosphoric ester groups is 1. The monoisotopic (exact) mass is 497 g/mol. The van der Waals surface area contributed by atoms with Crippen LogP contribution in [-0.4, -0.2) is 13.2 Å². The summed E-state index contributed by atoms with van der Waals surface area (Å²) in [6.45, 7) is 5.00. The van der Waals surface area contributed by atoms with Crippen molar-refractivity contribution in [3.63, 3.8) is 0 Å². The van der Waals surface area contributed by atoms with Crippen LogP contribution in [0.3, 0.4) is 0 Å². The molecule has 0 aromatic rings. The Labute approximate surface area is 201 Å². The van der Waals surface area contributed by atoms with Crippen molar-refractivity contribution >= 4 is 7.82 Å². The van der Waals surface area contributed by atoms with Gasteiger partial charge in [-0.15, -0.1) is 0 Å². The molecular weight excluding hydrogens is 449 g/mol. The van der Waals surface area contributed by atoms with Crippen LogP contribution >= 0.6 is 7.82 Å². The van der Waals surface area contributed by atoms with E-state index < -0.39 is 7.82 Å². The zero-order valence-corrected chi connectivity index (χ0v) is 24.2. The van der Waals surface area contributed by atoms with Gasteiger partial charge in [0.05, 0.1) is 13.2 Å².